The van der Waals surface area contributed by atoms with Gasteiger partial charge in [0.25, 0.3) is 5.91 Å². The fourth-order valence-corrected chi connectivity index (χ4v) is 2.76. The molecule has 1 fully saturated rings. The van der Waals surface area contributed by atoms with Crippen LogP contribution in [0.15, 0.2) is 18.2 Å². The Bertz CT molecular complexity index is 645. The summed E-state index contributed by atoms with van der Waals surface area (Å²) in [5.74, 6) is 0.117. The van der Waals surface area contributed by atoms with E-state index < -0.39 is 0 Å². The molecule has 1 N–H and O–H groups in total. The minimum atomic E-state index is -0.203. The molecule has 1 aliphatic heterocycles. The number of hydrogen-bond acceptors (Lipinski definition) is 4. The molecule has 1 saturated heterocycles. The first kappa shape index (κ1) is 17.8. The average Bonchev–Trinajstić information content (AvgIpc) is 2.79. The Balaban J connectivity index is 2.21. The van der Waals surface area contributed by atoms with E-state index in [1.54, 1.807) is 28.0 Å². The van der Waals surface area contributed by atoms with Gasteiger partial charge in [-0.25, -0.2) is 0 Å². The van der Waals surface area contributed by atoms with Crippen LogP contribution in [0.5, 0.6) is 5.75 Å². The highest BCUT2D eigenvalue weighted by atomic mass is 16.5. The number of benzene rings is 1. The summed E-state index contributed by atoms with van der Waals surface area (Å²) in [6.45, 7) is 5.19. The van der Waals surface area contributed by atoms with Crippen LogP contribution in [-0.2, 0) is 9.59 Å². The van der Waals surface area contributed by atoms with E-state index in [0.717, 1.165) is 6.42 Å². The number of rotatable bonds is 3. The molecule has 0 atom stereocenters. The van der Waals surface area contributed by atoms with Gasteiger partial charge in [0.2, 0.25) is 11.8 Å². The summed E-state index contributed by atoms with van der Waals surface area (Å²) >= 11 is 0. The van der Waals surface area contributed by atoms with Crippen molar-refractivity contribution in [3.05, 3.63) is 23.8 Å². The molecule has 0 spiro atoms. The standard InChI is InChI=1S/C17H23N3O4/c1-12(21)18-14-5-6-16(24-3)15(11-14)17(23)20-8-4-7-19(9-10-20)13(2)22/h5-6,11H,4,7-10H2,1-3H3,(H,18,21). The van der Waals surface area contributed by atoms with Gasteiger partial charge in [0.15, 0.2) is 0 Å². The number of nitrogens with one attached hydrogen (secondary N) is 1. The number of methoxy groups -OCH3 is 1. The van der Waals surface area contributed by atoms with Crippen molar-refractivity contribution in [3.8, 4) is 5.75 Å². The predicted octanol–water partition coefficient (Wildman–Crippen LogP) is 1.35. The highest BCUT2D eigenvalue weighted by Gasteiger charge is 2.24. The fourth-order valence-electron chi connectivity index (χ4n) is 2.76. The monoisotopic (exact) mass is 333 g/mol. The molecular formula is C17H23N3O4. The van der Waals surface area contributed by atoms with Crippen LogP contribution in [0, 0.1) is 0 Å². The van der Waals surface area contributed by atoms with E-state index in [-0.39, 0.29) is 17.7 Å². The average molecular weight is 333 g/mol. The number of anilines is 1. The van der Waals surface area contributed by atoms with E-state index in [2.05, 4.69) is 5.32 Å². The Labute approximate surface area is 141 Å². The Morgan fingerprint density at radius 3 is 2.33 bits per heavy atom. The molecular weight excluding hydrogens is 310 g/mol. The first-order valence-electron chi connectivity index (χ1n) is 7.92. The van der Waals surface area contributed by atoms with E-state index in [9.17, 15) is 14.4 Å². The van der Waals surface area contributed by atoms with Crippen LogP contribution >= 0.6 is 0 Å². The molecule has 0 unspecified atom stereocenters. The van der Waals surface area contributed by atoms with Crippen molar-refractivity contribution in [1.29, 1.82) is 0 Å². The zero-order valence-corrected chi connectivity index (χ0v) is 14.3. The number of ether oxygens (including phenoxy) is 1. The summed E-state index contributed by atoms with van der Waals surface area (Å²) < 4.78 is 5.28. The van der Waals surface area contributed by atoms with Crippen LogP contribution in [0.1, 0.15) is 30.6 Å². The lowest BCUT2D eigenvalue weighted by Crippen LogP contribution is -2.36. The van der Waals surface area contributed by atoms with E-state index in [0.29, 0.717) is 43.2 Å². The van der Waals surface area contributed by atoms with Crippen molar-refractivity contribution in [2.24, 2.45) is 0 Å². The Morgan fingerprint density at radius 1 is 1.04 bits per heavy atom. The van der Waals surface area contributed by atoms with E-state index >= 15 is 0 Å². The third-order valence-electron chi connectivity index (χ3n) is 3.98. The number of amides is 3. The summed E-state index contributed by atoms with van der Waals surface area (Å²) in [7, 11) is 1.50. The topological polar surface area (TPSA) is 79.0 Å². The van der Waals surface area contributed by atoms with Crippen LogP contribution in [0.4, 0.5) is 5.69 Å². The molecule has 0 aromatic heterocycles. The maximum absolute atomic E-state index is 12.9. The van der Waals surface area contributed by atoms with E-state index in [1.807, 2.05) is 0 Å². The molecule has 1 heterocycles. The lowest BCUT2D eigenvalue weighted by molar-refractivity contribution is -0.128. The van der Waals surface area contributed by atoms with Gasteiger partial charge in [0.05, 0.1) is 12.7 Å². The largest absolute Gasteiger partial charge is 0.496 e. The molecule has 2 rings (SSSR count). The van der Waals surface area contributed by atoms with Gasteiger partial charge in [-0.15, -0.1) is 0 Å². The number of carbonyl (C=O) groups excluding carboxylic acids is 3. The predicted molar refractivity (Wildman–Crippen MR) is 90.1 cm³/mol. The fraction of sp³-hybridized carbons (Fsp3) is 0.471. The van der Waals surface area contributed by atoms with Gasteiger partial charge in [0.1, 0.15) is 5.75 Å². The van der Waals surface area contributed by atoms with Crippen LogP contribution < -0.4 is 10.1 Å². The first-order valence-corrected chi connectivity index (χ1v) is 7.92. The van der Waals surface area contributed by atoms with Gasteiger partial charge in [-0.1, -0.05) is 0 Å². The molecule has 1 aromatic carbocycles. The summed E-state index contributed by atoms with van der Waals surface area (Å²) in [4.78, 5) is 39.1. The molecule has 0 saturated carbocycles. The lowest BCUT2D eigenvalue weighted by Gasteiger charge is -2.22. The van der Waals surface area contributed by atoms with Crippen molar-refractivity contribution in [3.63, 3.8) is 0 Å². The Hall–Kier alpha value is -2.57. The van der Waals surface area contributed by atoms with Gasteiger partial charge in [-0.2, -0.15) is 0 Å². The van der Waals surface area contributed by atoms with Gasteiger partial charge >= 0.3 is 0 Å². The molecule has 1 aromatic rings. The summed E-state index contributed by atoms with van der Waals surface area (Å²) in [6, 6.07) is 4.98. The Kier molecular flexibility index (Phi) is 5.78. The first-order chi connectivity index (χ1) is 11.4. The number of carbonyl (C=O) groups is 3. The Morgan fingerprint density at radius 2 is 1.71 bits per heavy atom. The minimum Gasteiger partial charge on any atom is -0.496 e. The maximum Gasteiger partial charge on any atom is 0.257 e. The third-order valence-corrected chi connectivity index (χ3v) is 3.98. The van der Waals surface area contributed by atoms with Gasteiger partial charge in [-0.3, -0.25) is 14.4 Å². The van der Waals surface area contributed by atoms with E-state index in [4.69, 9.17) is 4.74 Å². The van der Waals surface area contributed by atoms with Crippen molar-refractivity contribution in [2.45, 2.75) is 20.3 Å². The minimum absolute atomic E-state index is 0.0227. The molecule has 130 valence electrons. The van der Waals surface area contributed by atoms with Crippen LogP contribution in [0.25, 0.3) is 0 Å². The zero-order chi connectivity index (χ0) is 17.7. The molecule has 24 heavy (non-hydrogen) atoms. The second-order valence-corrected chi connectivity index (χ2v) is 5.75. The summed E-state index contributed by atoms with van der Waals surface area (Å²) in [5, 5.41) is 2.67. The summed E-state index contributed by atoms with van der Waals surface area (Å²) in [6.07, 6.45) is 0.735. The normalized spacial score (nSPS) is 14.8. The van der Waals surface area contributed by atoms with Crippen molar-refractivity contribution in [2.75, 3.05) is 38.6 Å². The second kappa shape index (κ2) is 7.81. The maximum atomic E-state index is 12.9. The molecule has 0 aliphatic carbocycles. The molecule has 1 aliphatic rings. The zero-order valence-electron chi connectivity index (χ0n) is 14.3. The van der Waals surface area contributed by atoms with Gasteiger partial charge < -0.3 is 19.9 Å². The number of nitrogens with zero attached hydrogens (tertiary/aromatic N) is 2. The molecule has 0 bridgehead atoms. The van der Waals surface area contributed by atoms with Gasteiger partial charge in [0, 0.05) is 45.7 Å². The van der Waals surface area contributed by atoms with Gasteiger partial charge in [-0.05, 0) is 24.6 Å². The number of hydrogen-bond donors (Lipinski definition) is 1. The SMILES string of the molecule is COc1ccc(NC(C)=O)cc1C(=O)N1CCCN(C(C)=O)CC1. The lowest BCUT2D eigenvalue weighted by atomic mass is 10.1. The molecule has 7 nitrogen and oxygen atoms in total. The molecule has 7 heteroatoms. The van der Waals surface area contributed by atoms with E-state index in [1.165, 1.54) is 21.0 Å². The smallest absolute Gasteiger partial charge is 0.257 e. The van der Waals surface area contributed by atoms with Crippen molar-refractivity contribution < 1.29 is 19.1 Å². The highest BCUT2D eigenvalue weighted by Crippen LogP contribution is 2.24. The van der Waals surface area contributed by atoms with Crippen molar-refractivity contribution >= 4 is 23.4 Å². The summed E-state index contributed by atoms with van der Waals surface area (Å²) in [5.41, 5.74) is 0.951. The quantitative estimate of drug-likeness (QED) is 0.905. The van der Waals surface area contributed by atoms with Crippen LogP contribution in [0.3, 0.4) is 0 Å². The van der Waals surface area contributed by atoms with Crippen LogP contribution in [-0.4, -0.2) is 60.8 Å². The van der Waals surface area contributed by atoms with Crippen molar-refractivity contribution in [1.82, 2.24) is 9.80 Å². The van der Waals surface area contributed by atoms with Crippen LogP contribution in [0.2, 0.25) is 0 Å². The third kappa shape index (κ3) is 4.24. The molecule has 0 radical (unpaired) electrons. The second-order valence-electron chi connectivity index (χ2n) is 5.75. The molecule has 3 amide bonds. The highest BCUT2D eigenvalue weighted by molar-refractivity contribution is 5.99.